The Kier molecular flexibility index (Phi) is 5.74. The molecule has 30 heavy (non-hydrogen) atoms. The lowest BCUT2D eigenvalue weighted by atomic mass is 10.2. The zero-order valence-electron chi connectivity index (χ0n) is 16.8. The highest BCUT2D eigenvalue weighted by atomic mass is 31.2. The molecule has 0 heterocycles. The van der Waals surface area contributed by atoms with Crippen LogP contribution in [0.5, 0.6) is 5.75 Å². The van der Waals surface area contributed by atoms with Gasteiger partial charge in [-0.2, -0.15) is 0 Å². The number of phenolic OH excluding ortho intramolecular Hbond substituents is 1. The van der Waals surface area contributed by atoms with Crippen LogP contribution in [0, 0.1) is 6.92 Å². The molecule has 0 spiro atoms. The van der Waals surface area contributed by atoms with Crippen LogP contribution in [0.1, 0.15) is 16.9 Å². The van der Waals surface area contributed by atoms with Crippen molar-refractivity contribution < 1.29 is 9.67 Å². The van der Waals surface area contributed by atoms with Gasteiger partial charge in [0.2, 0.25) is 0 Å². The molecule has 3 nitrogen and oxygen atoms in total. The quantitative estimate of drug-likeness (QED) is 0.391. The SMILES string of the molecule is Cc1ccc(N[C@@H](c2ccc(O)cc2)P(=O)(c2ccccc2)c2ccccc2)cc1. The Morgan fingerprint density at radius 3 is 1.70 bits per heavy atom. The highest BCUT2D eigenvalue weighted by Crippen LogP contribution is 2.57. The van der Waals surface area contributed by atoms with Gasteiger partial charge in [0.05, 0.1) is 0 Å². The maximum Gasteiger partial charge on any atom is 0.168 e. The molecule has 0 bridgehead atoms. The van der Waals surface area contributed by atoms with Crippen molar-refractivity contribution in [1.82, 2.24) is 0 Å². The Hall–Kier alpha value is -3.29. The summed E-state index contributed by atoms with van der Waals surface area (Å²) in [6.07, 6.45) is 0. The third kappa shape index (κ3) is 4.03. The lowest BCUT2D eigenvalue weighted by Crippen LogP contribution is -2.25. The van der Waals surface area contributed by atoms with Crippen molar-refractivity contribution in [2.45, 2.75) is 12.7 Å². The van der Waals surface area contributed by atoms with Gasteiger partial charge in [-0.25, -0.2) is 0 Å². The molecule has 0 aromatic heterocycles. The van der Waals surface area contributed by atoms with E-state index in [1.54, 1.807) is 12.1 Å². The van der Waals surface area contributed by atoms with Crippen LogP contribution in [-0.4, -0.2) is 5.11 Å². The van der Waals surface area contributed by atoms with E-state index in [4.69, 9.17) is 0 Å². The van der Waals surface area contributed by atoms with Crippen LogP contribution in [0.2, 0.25) is 0 Å². The van der Waals surface area contributed by atoms with E-state index >= 15 is 0 Å². The van der Waals surface area contributed by atoms with E-state index in [0.29, 0.717) is 0 Å². The number of benzene rings is 4. The highest BCUT2D eigenvalue weighted by Gasteiger charge is 2.38. The number of anilines is 1. The molecule has 0 saturated heterocycles. The van der Waals surface area contributed by atoms with Crippen molar-refractivity contribution >= 4 is 23.4 Å². The zero-order chi connectivity index (χ0) is 21.0. The van der Waals surface area contributed by atoms with E-state index in [-0.39, 0.29) is 5.75 Å². The summed E-state index contributed by atoms with van der Waals surface area (Å²) in [5.41, 5.74) is 2.91. The summed E-state index contributed by atoms with van der Waals surface area (Å²) in [6.45, 7) is 2.04. The van der Waals surface area contributed by atoms with Gasteiger partial charge in [0.25, 0.3) is 0 Å². The van der Waals surface area contributed by atoms with Gasteiger partial charge in [0, 0.05) is 16.3 Å². The number of hydrogen-bond donors (Lipinski definition) is 2. The van der Waals surface area contributed by atoms with Crippen LogP contribution in [0.4, 0.5) is 5.69 Å². The van der Waals surface area contributed by atoms with E-state index in [2.05, 4.69) is 5.32 Å². The van der Waals surface area contributed by atoms with E-state index in [1.165, 1.54) is 0 Å². The third-order valence-electron chi connectivity index (χ3n) is 5.21. The molecule has 0 fully saturated rings. The first-order valence-electron chi connectivity index (χ1n) is 9.90. The molecule has 4 rings (SSSR count). The molecule has 150 valence electrons. The van der Waals surface area contributed by atoms with E-state index in [0.717, 1.165) is 27.4 Å². The fourth-order valence-corrected chi connectivity index (χ4v) is 6.64. The molecular formula is C26H24NO2P. The van der Waals surface area contributed by atoms with Crippen molar-refractivity contribution in [2.24, 2.45) is 0 Å². The summed E-state index contributed by atoms with van der Waals surface area (Å²) in [5.74, 6) is -0.312. The Labute approximate surface area is 177 Å². The van der Waals surface area contributed by atoms with Crippen molar-refractivity contribution in [3.05, 3.63) is 120 Å². The van der Waals surface area contributed by atoms with Crippen LogP contribution in [0.25, 0.3) is 0 Å². The normalized spacial score (nSPS) is 12.3. The molecule has 1 atom stereocenters. The molecule has 0 radical (unpaired) electrons. The van der Waals surface area contributed by atoms with Crippen LogP contribution in [0.3, 0.4) is 0 Å². The second kappa shape index (κ2) is 8.61. The number of phenols is 1. The van der Waals surface area contributed by atoms with Crippen molar-refractivity contribution in [3.63, 3.8) is 0 Å². The molecule has 0 unspecified atom stereocenters. The average Bonchev–Trinajstić information content (AvgIpc) is 2.80. The van der Waals surface area contributed by atoms with Crippen molar-refractivity contribution in [2.75, 3.05) is 5.32 Å². The fraction of sp³-hybridized carbons (Fsp3) is 0.0769. The number of aryl methyl sites for hydroxylation is 1. The standard InChI is InChI=1S/C26H24NO2P/c1-20-12-16-22(17-13-20)27-26(21-14-18-23(28)19-15-21)30(29,24-8-4-2-5-9-24)25-10-6-3-7-11-25/h2-19,26-28H,1H3/t26-/m1/s1. The summed E-state index contributed by atoms with van der Waals surface area (Å²) in [4.78, 5) is 0. The summed E-state index contributed by atoms with van der Waals surface area (Å²) in [7, 11) is -3.14. The van der Waals surface area contributed by atoms with Gasteiger partial charge in [-0.1, -0.05) is 90.5 Å². The highest BCUT2D eigenvalue weighted by molar-refractivity contribution is 7.79. The summed E-state index contributed by atoms with van der Waals surface area (Å²) < 4.78 is 14.9. The van der Waals surface area contributed by atoms with Gasteiger partial charge in [-0.05, 0) is 36.8 Å². The largest absolute Gasteiger partial charge is 0.508 e. The Bertz CT molecular complexity index is 1100. The lowest BCUT2D eigenvalue weighted by molar-refractivity contribution is 0.475. The third-order valence-corrected chi connectivity index (χ3v) is 8.49. The molecule has 2 N–H and O–H groups in total. The molecule has 0 saturated carbocycles. The summed E-state index contributed by atoms with van der Waals surface area (Å²) in [5, 5.41) is 14.9. The van der Waals surface area contributed by atoms with Gasteiger partial charge >= 0.3 is 0 Å². The van der Waals surface area contributed by atoms with Gasteiger partial charge < -0.3 is 15.0 Å². The Morgan fingerprint density at radius 2 is 1.20 bits per heavy atom. The first-order chi connectivity index (χ1) is 14.6. The summed E-state index contributed by atoms with van der Waals surface area (Å²) >= 11 is 0. The van der Waals surface area contributed by atoms with Gasteiger partial charge in [-0.15, -0.1) is 0 Å². The zero-order valence-corrected chi connectivity index (χ0v) is 17.7. The Balaban J connectivity index is 1.92. The first kappa shape index (κ1) is 20.0. The predicted molar refractivity (Wildman–Crippen MR) is 125 cm³/mol. The topological polar surface area (TPSA) is 49.3 Å². The second-order valence-electron chi connectivity index (χ2n) is 7.33. The van der Waals surface area contributed by atoms with Crippen LogP contribution >= 0.6 is 7.14 Å². The fourth-order valence-electron chi connectivity index (χ4n) is 3.59. The molecule has 4 aromatic rings. The number of rotatable bonds is 6. The molecule has 0 amide bonds. The minimum absolute atomic E-state index is 0.182. The maximum atomic E-state index is 14.9. The minimum Gasteiger partial charge on any atom is -0.508 e. The molecule has 0 aliphatic carbocycles. The van der Waals surface area contributed by atoms with Gasteiger partial charge in [0.15, 0.2) is 7.14 Å². The second-order valence-corrected chi connectivity index (χ2v) is 10.2. The molecular weight excluding hydrogens is 389 g/mol. The molecule has 4 aromatic carbocycles. The molecule has 0 aliphatic rings. The summed E-state index contributed by atoms with van der Waals surface area (Å²) in [6, 6.07) is 34.3. The van der Waals surface area contributed by atoms with Crippen LogP contribution < -0.4 is 15.9 Å². The van der Waals surface area contributed by atoms with Gasteiger partial charge in [0.1, 0.15) is 11.5 Å². The minimum atomic E-state index is -3.14. The molecule has 4 heteroatoms. The molecule has 0 aliphatic heterocycles. The van der Waals surface area contributed by atoms with Gasteiger partial charge in [-0.3, -0.25) is 0 Å². The lowest BCUT2D eigenvalue weighted by Gasteiger charge is -2.31. The monoisotopic (exact) mass is 413 g/mol. The van der Waals surface area contributed by atoms with Crippen molar-refractivity contribution in [1.29, 1.82) is 0 Å². The Morgan fingerprint density at radius 1 is 0.700 bits per heavy atom. The average molecular weight is 413 g/mol. The number of nitrogens with one attached hydrogen (secondary N) is 1. The smallest absolute Gasteiger partial charge is 0.168 e. The number of aromatic hydroxyl groups is 1. The van der Waals surface area contributed by atoms with Crippen molar-refractivity contribution in [3.8, 4) is 5.75 Å². The van der Waals surface area contributed by atoms with E-state index in [1.807, 2.05) is 104 Å². The van der Waals surface area contributed by atoms with Crippen LogP contribution in [0.15, 0.2) is 109 Å². The van der Waals surface area contributed by atoms with E-state index < -0.39 is 12.9 Å². The first-order valence-corrected chi connectivity index (χ1v) is 11.7. The number of hydrogen-bond acceptors (Lipinski definition) is 3. The van der Waals surface area contributed by atoms with E-state index in [9.17, 15) is 9.67 Å². The maximum absolute atomic E-state index is 14.9. The van der Waals surface area contributed by atoms with Crippen LogP contribution in [-0.2, 0) is 4.57 Å². The predicted octanol–water partition coefficient (Wildman–Crippen LogP) is 5.83.